The van der Waals surface area contributed by atoms with Crippen molar-refractivity contribution in [2.24, 2.45) is 0 Å². The molecule has 0 aliphatic carbocycles. The van der Waals surface area contributed by atoms with Crippen LogP contribution in [0.4, 0.5) is 5.82 Å². The van der Waals surface area contributed by atoms with E-state index in [-0.39, 0.29) is 5.91 Å². The Labute approximate surface area is 144 Å². The molecular weight excluding hydrogens is 318 g/mol. The van der Waals surface area contributed by atoms with E-state index >= 15 is 0 Å². The van der Waals surface area contributed by atoms with Gasteiger partial charge in [0.05, 0.1) is 12.2 Å². The second-order valence-corrected chi connectivity index (χ2v) is 5.84. The van der Waals surface area contributed by atoms with Crippen molar-refractivity contribution in [3.05, 3.63) is 65.6 Å². The summed E-state index contributed by atoms with van der Waals surface area (Å²) in [5, 5.41) is 12.6. The lowest BCUT2D eigenvalue weighted by atomic mass is 10.2. The lowest BCUT2D eigenvalue weighted by molar-refractivity contribution is 0.0961. The zero-order valence-corrected chi connectivity index (χ0v) is 13.8. The van der Waals surface area contributed by atoms with Crippen molar-refractivity contribution >= 4 is 11.7 Å². The van der Waals surface area contributed by atoms with Gasteiger partial charge in [0.25, 0.3) is 5.91 Å². The van der Waals surface area contributed by atoms with Crippen LogP contribution in [0.5, 0.6) is 5.75 Å². The van der Waals surface area contributed by atoms with Crippen LogP contribution >= 0.6 is 0 Å². The van der Waals surface area contributed by atoms with Crippen molar-refractivity contribution in [2.75, 3.05) is 11.4 Å². The Bertz CT molecular complexity index is 890. The standard InChI is InChI=1S/C18H17N5O2/c1-13-7-8-17(20-19-13)22-9-10-23-16(18(22)24)11-14(21-23)12-25-15-5-3-2-4-6-15/h2-8,11H,9-10,12H2,1H3. The lowest BCUT2D eigenvalue weighted by Gasteiger charge is -2.26. The predicted molar refractivity (Wildman–Crippen MR) is 91.4 cm³/mol. The van der Waals surface area contributed by atoms with Gasteiger partial charge in [0, 0.05) is 6.54 Å². The maximum atomic E-state index is 12.7. The number of fused-ring (bicyclic) bond motifs is 1. The third kappa shape index (κ3) is 3.08. The Balaban J connectivity index is 1.51. The van der Waals surface area contributed by atoms with Gasteiger partial charge in [-0.05, 0) is 37.3 Å². The fourth-order valence-corrected chi connectivity index (χ4v) is 2.75. The molecule has 0 saturated carbocycles. The summed E-state index contributed by atoms with van der Waals surface area (Å²) in [5.74, 6) is 1.21. The molecule has 126 valence electrons. The van der Waals surface area contributed by atoms with Crippen molar-refractivity contribution in [1.29, 1.82) is 0 Å². The van der Waals surface area contributed by atoms with E-state index in [9.17, 15) is 4.79 Å². The summed E-state index contributed by atoms with van der Waals surface area (Å²) in [6.07, 6.45) is 0. The summed E-state index contributed by atoms with van der Waals surface area (Å²) in [7, 11) is 0. The van der Waals surface area contributed by atoms with Crippen LogP contribution in [-0.2, 0) is 13.2 Å². The molecule has 0 unspecified atom stereocenters. The number of anilines is 1. The minimum absolute atomic E-state index is 0.122. The average molecular weight is 335 g/mol. The molecule has 0 saturated heterocycles. The highest BCUT2D eigenvalue weighted by Gasteiger charge is 2.28. The molecule has 7 heteroatoms. The van der Waals surface area contributed by atoms with E-state index in [0.717, 1.165) is 17.1 Å². The van der Waals surface area contributed by atoms with Crippen molar-refractivity contribution in [2.45, 2.75) is 20.1 Å². The number of aromatic nitrogens is 4. The van der Waals surface area contributed by atoms with E-state index in [0.29, 0.717) is 31.2 Å². The average Bonchev–Trinajstić information content (AvgIpc) is 3.06. The number of aryl methyl sites for hydroxylation is 1. The number of nitrogens with zero attached hydrogens (tertiary/aromatic N) is 5. The van der Waals surface area contributed by atoms with E-state index in [2.05, 4.69) is 15.3 Å². The number of carbonyl (C=O) groups excluding carboxylic acids is 1. The molecule has 25 heavy (non-hydrogen) atoms. The fourth-order valence-electron chi connectivity index (χ4n) is 2.75. The summed E-state index contributed by atoms with van der Waals surface area (Å²) in [5.41, 5.74) is 2.09. The van der Waals surface area contributed by atoms with Gasteiger partial charge in [-0.2, -0.15) is 10.2 Å². The Kier molecular flexibility index (Phi) is 3.89. The minimum atomic E-state index is -0.122. The van der Waals surface area contributed by atoms with Crippen molar-refractivity contribution < 1.29 is 9.53 Å². The smallest absolute Gasteiger partial charge is 0.277 e. The van der Waals surface area contributed by atoms with E-state index < -0.39 is 0 Å². The highest BCUT2D eigenvalue weighted by atomic mass is 16.5. The Hall–Kier alpha value is -3.22. The first-order chi connectivity index (χ1) is 12.2. The molecule has 0 fully saturated rings. The number of para-hydroxylation sites is 1. The van der Waals surface area contributed by atoms with Gasteiger partial charge in [0.1, 0.15) is 23.7 Å². The first-order valence-corrected chi connectivity index (χ1v) is 8.07. The zero-order chi connectivity index (χ0) is 17.2. The van der Waals surface area contributed by atoms with Gasteiger partial charge in [-0.1, -0.05) is 18.2 Å². The molecule has 0 radical (unpaired) electrons. The highest BCUT2D eigenvalue weighted by molar-refractivity contribution is 6.05. The topological polar surface area (TPSA) is 73.1 Å². The third-order valence-electron chi connectivity index (χ3n) is 4.02. The number of hydrogen-bond donors (Lipinski definition) is 0. The van der Waals surface area contributed by atoms with Gasteiger partial charge >= 0.3 is 0 Å². The second-order valence-electron chi connectivity index (χ2n) is 5.84. The SMILES string of the molecule is Cc1ccc(N2CCn3nc(COc4ccccc4)cc3C2=O)nn1. The maximum Gasteiger partial charge on any atom is 0.277 e. The van der Waals surface area contributed by atoms with Gasteiger partial charge in [0.2, 0.25) is 0 Å². The summed E-state index contributed by atoms with van der Waals surface area (Å²) < 4.78 is 7.43. The van der Waals surface area contributed by atoms with E-state index in [1.165, 1.54) is 0 Å². The highest BCUT2D eigenvalue weighted by Crippen LogP contribution is 2.20. The molecule has 0 spiro atoms. The van der Waals surface area contributed by atoms with Crippen LogP contribution in [0.1, 0.15) is 21.9 Å². The Morgan fingerprint density at radius 1 is 1.08 bits per heavy atom. The van der Waals surface area contributed by atoms with Crippen LogP contribution < -0.4 is 9.64 Å². The number of rotatable bonds is 4. The van der Waals surface area contributed by atoms with Crippen LogP contribution in [0.2, 0.25) is 0 Å². The first kappa shape index (κ1) is 15.3. The molecule has 3 heterocycles. The molecular formula is C18H17N5O2. The molecule has 4 rings (SSSR count). The van der Waals surface area contributed by atoms with Crippen LogP contribution in [0, 0.1) is 6.92 Å². The number of carbonyl (C=O) groups is 1. The fraction of sp³-hybridized carbons (Fsp3) is 0.222. The number of amides is 1. The predicted octanol–water partition coefficient (Wildman–Crippen LogP) is 2.22. The molecule has 1 aromatic carbocycles. The molecule has 0 N–H and O–H groups in total. The Morgan fingerprint density at radius 2 is 1.92 bits per heavy atom. The summed E-state index contributed by atoms with van der Waals surface area (Å²) in [6.45, 7) is 3.32. The largest absolute Gasteiger partial charge is 0.487 e. The molecule has 7 nitrogen and oxygen atoms in total. The summed E-state index contributed by atoms with van der Waals surface area (Å²) >= 11 is 0. The zero-order valence-electron chi connectivity index (χ0n) is 13.8. The normalized spacial score (nSPS) is 13.6. The first-order valence-electron chi connectivity index (χ1n) is 8.07. The second kappa shape index (κ2) is 6.35. The van der Waals surface area contributed by atoms with E-state index in [1.54, 1.807) is 15.6 Å². The maximum absolute atomic E-state index is 12.7. The van der Waals surface area contributed by atoms with Crippen molar-refractivity contribution in [3.8, 4) is 5.75 Å². The van der Waals surface area contributed by atoms with Gasteiger partial charge in [-0.15, -0.1) is 5.10 Å². The third-order valence-corrected chi connectivity index (χ3v) is 4.02. The molecule has 0 bridgehead atoms. The molecule has 0 atom stereocenters. The van der Waals surface area contributed by atoms with E-state index in [1.807, 2.05) is 49.4 Å². The van der Waals surface area contributed by atoms with Crippen LogP contribution in [-0.4, -0.2) is 32.4 Å². The summed E-state index contributed by atoms with van der Waals surface area (Å²) in [4.78, 5) is 14.4. The summed E-state index contributed by atoms with van der Waals surface area (Å²) in [6, 6.07) is 15.0. The monoisotopic (exact) mass is 335 g/mol. The van der Waals surface area contributed by atoms with Crippen LogP contribution in [0.25, 0.3) is 0 Å². The van der Waals surface area contributed by atoms with Gasteiger partial charge < -0.3 is 4.74 Å². The number of ether oxygens (including phenoxy) is 1. The molecule has 1 amide bonds. The van der Waals surface area contributed by atoms with E-state index in [4.69, 9.17) is 4.74 Å². The lowest BCUT2D eigenvalue weighted by Crippen LogP contribution is -2.41. The van der Waals surface area contributed by atoms with Gasteiger partial charge in [-0.3, -0.25) is 14.4 Å². The molecule has 1 aliphatic heterocycles. The van der Waals surface area contributed by atoms with Gasteiger partial charge in [0.15, 0.2) is 5.82 Å². The molecule has 1 aliphatic rings. The van der Waals surface area contributed by atoms with Gasteiger partial charge in [-0.25, -0.2) is 0 Å². The molecule has 2 aromatic heterocycles. The van der Waals surface area contributed by atoms with Crippen molar-refractivity contribution in [1.82, 2.24) is 20.0 Å². The van der Waals surface area contributed by atoms with Crippen LogP contribution in [0.3, 0.4) is 0 Å². The number of hydrogen-bond acceptors (Lipinski definition) is 5. The molecule has 3 aromatic rings. The quantitative estimate of drug-likeness (QED) is 0.731. The number of benzene rings is 1. The Morgan fingerprint density at radius 3 is 2.68 bits per heavy atom. The minimum Gasteiger partial charge on any atom is -0.487 e. The van der Waals surface area contributed by atoms with Crippen molar-refractivity contribution in [3.63, 3.8) is 0 Å². The van der Waals surface area contributed by atoms with Crippen LogP contribution in [0.15, 0.2) is 48.5 Å².